The summed E-state index contributed by atoms with van der Waals surface area (Å²) in [5.74, 6) is 1.99. The lowest BCUT2D eigenvalue weighted by molar-refractivity contribution is 0.393. The van der Waals surface area contributed by atoms with E-state index in [4.69, 9.17) is 14.5 Å². The van der Waals surface area contributed by atoms with Crippen LogP contribution in [0.4, 0.5) is 0 Å². The van der Waals surface area contributed by atoms with E-state index in [2.05, 4.69) is 31.0 Å². The quantitative estimate of drug-likeness (QED) is 0.831. The molecular weight excluding hydrogens is 312 g/mol. The van der Waals surface area contributed by atoms with Crippen LogP contribution in [0.2, 0.25) is 0 Å². The van der Waals surface area contributed by atoms with Crippen molar-refractivity contribution in [3.63, 3.8) is 0 Å². The molecule has 1 aliphatic rings. The number of nitrogens with zero attached hydrogens (tertiary/aromatic N) is 2. The average Bonchev–Trinajstić information content (AvgIpc) is 2.64. The Hall–Kier alpha value is -2.62. The number of ether oxygens (including phenoxy) is 2. The lowest BCUT2D eigenvalue weighted by Crippen LogP contribution is -2.23. The Kier molecular flexibility index (Phi) is 5.17. The normalized spacial score (nSPS) is 21.8. The van der Waals surface area contributed by atoms with Crippen molar-refractivity contribution in [3.05, 3.63) is 59.4 Å². The first-order valence-electron chi connectivity index (χ1n) is 8.54. The lowest BCUT2D eigenvalue weighted by Gasteiger charge is -2.27. The van der Waals surface area contributed by atoms with Gasteiger partial charge in [0.2, 0.25) is 0 Å². The van der Waals surface area contributed by atoms with Crippen molar-refractivity contribution in [3.8, 4) is 11.5 Å². The van der Waals surface area contributed by atoms with Crippen molar-refractivity contribution in [2.75, 3.05) is 14.2 Å². The molecule has 1 aliphatic heterocycles. The highest BCUT2D eigenvalue weighted by molar-refractivity contribution is 6.15. The maximum Gasteiger partial charge on any atom is 0.129 e. The predicted octanol–water partition coefficient (Wildman–Crippen LogP) is 4.40. The summed E-state index contributed by atoms with van der Waals surface area (Å²) in [5.41, 5.74) is 4.32. The van der Waals surface area contributed by atoms with Gasteiger partial charge in [0.15, 0.2) is 0 Å². The second kappa shape index (κ2) is 7.51. The molecule has 2 atom stereocenters. The van der Waals surface area contributed by atoms with Crippen molar-refractivity contribution in [1.82, 2.24) is 4.98 Å². The van der Waals surface area contributed by atoms with Crippen molar-refractivity contribution >= 4 is 11.8 Å². The molecule has 0 bridgehead atoms. The average molecular weight is 336 g/mol. The predicted molar refractivity (Wildman–Crippen MR) is 102 cm³/mol. The number of hydrogen-bond acceptors (Lipinski definition) is 4. The molecule has 25 heavy (non-hydrogen) atoms. The second-order valence-electron chi connectivity index (χ2n) is 6.41. The summed E-state index contributed by atoms with van der Waals surface area (Å²) in [5, 5.41) is 0. The minimum Gasteiger partial charge on any atom is -0.497 e. The first-order chi connectivity index (χ1) is 12.1. The summed E-state index contributed by atoms with van der Waals surface area (Å²) in [6, 6.07) is 10.2. The zero-order chi connectivity index (χ0) is 17.8. The van der Waals surface area contributed by atoms with E-state index in [1.54, 1.807) is 20.4 Å². The Labute approximate surface area is 149 Å². The SMILES string of the molecule is COc1ccc(/C=C2/C(c3cccnc3)=NC(C)CC2C)c(OC)c1. The molecule has 0 aliphatic carbocycles. The van der Waals surface area contributed by atoms with Gasteiger partial charge in [-0.15, -0.1) is 0 Å². The molecule has 0 fully saturated rings. The summed E-state index contributed by atoms with van der Waals surface area (Å²) in [6.07, 6.45) is 6.88. The molecule has 4 heteroatoms. The van der Waals surface area contributed by atoms with Gasteiger partial charge in [-0.3, -0.25) is 9.98 Å². The van der Waals surface area contributed by atoms with Crippen LogP contribution in [-0.2, 0) is 0 Å². The van der Waals surface area contributed by atoms with Crippen LogP contribution in [0.3, 0.4) is 0 Å². The highest BCUT2D eigenvalue weighted by Crippen LogP contribution is 2.33. The molecule has 2 heterocycles. The summed E-state index contributed by atoms with van der Waals surface area (Å²) in [4.78, 5) is 9.17. The summed E-state index contributed by atoms with van der Waals surface area (Å²) in [6.45, 7) is 4.42. The molecule has 3 rings (SSSR count). The molecule has 0 saturated carbocycles. The Balaban J connectivity index is 2.09. The molecule has 1 aromatic heterocycles. The van der Waals surface area contributed by atoms with Crippen LogP contribution in [0.15, 0.2) is 53.3 Å². The van der Waals surface area contributed by atoms with Gasteiger partial charge in [0, 0.05) is 35.6 Å². The first-order valence-corrected chi connectivity index (χ1v) is 8.54. The first kappa shape index (κ1) is 17.2. The minimum absolute atomic E-state index is 0.306. The number of aromatic nitrogens is 1. The van der Waals surface area contributed by atoms with Gasteiger partial charge in [0.05, 0.1) is 19.9 Å². The topological polar surface area (TPSA) is 43.7 Å². The van der Waals surface area contributed by atoms with Crippen LogP contribution in [0.5, 0.6) is 11.5 Å². The number of benzene rings is 1. The van der Waals surface area contributed by atoms with Gasteiger partial charge in [0.25, 0.3) is 0 Å². The molecule has 4 nitrogen and oxygen atoms in total. The second-order valence-corrected chi connectivity index (χ2v) is 6.41. The van der Waals surface area contributed by atoms with E-state index in [9.17, 15) is 0 Å². The van der Waals surface area contributed by atoms with Crippen LogP contribution in [-0.4, -0.2) is 31.0 Å². The van der Waals surface area contributed by atoms with Crippen molar-refractivity contribution < 1.29 is 9.47 Å². The fourth-order valence-corrected chi connectivity index (χ4v) is 3.28. The smallest absolute Gasteiger partial charge is 0.129 e. The number of methoxy groups -OCH3 is 2. The highest BCUT2D eigenvalue weighted by Gasteiger charge is 2.24. The van der Waals surface area contributed by atoms with Gasteiger partial charge in [-0.1, -0.05) is 6.92 Å². The Morgan fingerprint density at radius 1 is 1.12 bits per heavy atom. The van der Waals surface area contributed by atoms with E-state index >= 15 is 0 Å². The standard InChI is InChI=1S/C21H24N2O2/c1-14-10-15(2)23-21(17-6-5-9-22-13-17)19(14)11-16-7-8-18(24-3)12-20(16)25-4/h5-9,11-15H,10H2,1-4H3/b19-11+. The molecule has 130 valence electrons. The number of aliphatic imine (C=N–C) groups is 1. The third-order valence-electron chi connectivity index (χ3n) is 4.54. The van der Waals surface area contributed by atoms with Crippen LogP contribution >= 0.6 is 0 Å². The number of allylic oxidation sites excluding steroid dienone is 1. The molecule has 0 radical (unpaired) electrons. The number of pyridine rings is 1. The molecule has 2 unspecified atom stereocenters. The van der Waals surface area contributed by atoms with Gasteiger partial charge < -0.3 is 9.47 Å². The Morgan fingerprint density at radius 2 is 1.96 bits per heavy atom. The van der Waals surface area contributed by atoms with E-state index in [-0.39, 0.29) is 0 Å². The summed E-state index contributed by atoms with van der Waals surface area (Å²) in [7, 11) is 3.34. The van der Waals surface area contributed by atoms with Crippen molar-refractivity contribution in [1.29, 1.82) is 0 Å². The van der Waals surface area contributed by atoms with Crippen LogP contribution in [0, 0.1) is 5.92 Å². The van der Waals surface area contributed by atoms with E-state index in [0.29, 0.717) is 12.0 Å². The van der Waals surface area contributed by atoms with Crippen molar-refractivity contribution in [2.45, 2.75) is 26.3 Å². The zero-order valence-electron chi connectivity index (χ0n) is 15.2. The van der Waals surface area contributed by atoms with E-state index in [1.165, 1.54) is 5.57 Å². The molecule has 0 saturated heterocycles. The summed E-state index contributed by atoms with van der Waals surface area (Å²) < 4.78 is 10.8. The minimum atomic E-state index is 0.306. The van der Waals surface area contributed by atoms with Crippen molar-refractivity contribution in [2.24, 2.45) is 10.9 Å². The third-order valence-corrected chi connectivity index (χ3v) is 4.54. The molecule has 0 spiro atoms. The van der Waals surface area contributed by atoms with Crippen LogP contribution in [0.1, 0.15) is 31.4 Å². The number of rotatable bonds is 4. The summed E-state index contributed by atoms with van der Waals surface area (Å²) >= 11 is 0. The molecule has 1 aromatic carbocycles. The highest BCUT2D eigenvalue weighted by atomic mass is 16.5. The van der Waals surface area contributed by atoms with E-state index in [0.717, 1.165) is 34.8 Å². The van der Waals surface area contributed by atoms with Gasteiger partial charge in [0.1, 0.15) is 11.5 Å². The molecule has 0 N–H and O–H groups in total. The fourth-order valence-electron chi connectivity index (χ4n) is 3.28. The maximum absolute atomic E-state index is 5.55. The maximum atomic E-state index is 5.55. The molecule has 0 amide bonds. The third kappa shape index (κ3) is 3.73. The van der Waals surface area contributed by atoms with Gasteiger partial charge in [-0.05, 0) is 55.2 Å². The van der Waals surface area contributed by atoms with Gasteiger partial charge >= 0.3 is 0 Å². The van der Waals surface area contributed by atoms with Crippen LogP contribution in [0.25, 0.3) is 6.08 Å². The van der Waals surface area contributed by atoms with E-state index in [1.807, 2.05) is 30.5 Å². The monoisotopic (exact) mass is 336 g/mol. The van der Waals surface area contributed by atoms with E-state index < -0.39 is 0 Å². The fraction of sp³-hybridized carbons (Fsp3) is 0.333. The molecular formula is C21H24N2O2. The largest absolute Gasteiger partial charge is 0.497 e. The molecule has 2 aromatic rings. The lowest BCUT2D eigenvalue weighted by atomic mass is 9.84. The Morgan fingerprint density at radius 3 is 2.64 bits per heavy atom. The zero-order valence-corrected chi connectivity index (χ0v) is 15.2. The van der Waals surface area contributed by atoms with Gasteiger partial charge in [-0.25, -0.2) is 0 Å². The number of hydrogen-bond donors (Lipinski definition) is 0. The van der Waals surface area contributed by atoms with Crippen LogP contribution < -0.4 is 9.47 Å². The Bertz CT molecular complexity index is 797. The van der Waals surface area contributed by atoms with Gasteiger partial charge in [-0.2, -0.15) is 0 Å².